The Morgan fingerprint density at radius 3 is 2.33 bits per heavy atom. The summed E-state index contributed by atoms with van der Waals surface area (Å²) in [7, 11) is 1.72. The summed E-state index contributed by atoms with van der Waals surface area (Å²) in [5.74, 6) is -0.636. The summed E-state index contributed by atoms with van der Waals surface area (Å²) < 4.78 is 13.2. The van der Waals surface area contributed by atoms with Gasteiger partial charge < -0.3 is 20.4 Å². The number of hydrogen-bond acceptors (Lipinski definition) is 4. The Labute approximate surface area is 228 Å². The van der Waals surface area contributed by atoms with Gasteiger partial charge in [-0.15, -0.1) is 0 Å². The average molecular weight is 529 g/mol. The maximum Gasteiger partial charge on any atom is 0.251 e. The highest BCUT2D eigenvalue weighted by Crippen LogP contribution is 2.40. The van der Waals surface area contributed by atoms with Crippen molar-refractivity contribution in [2.75, 3.05) is 33.2 Å². The van der Waals surface area contributed by atoms with E-state index in [4.69, 9.17) is 0 Å². The summed E-state index contributed by atoms with van der Waals surface area (Å²) in [5, 5.41) is 6.39. The second-order valence-electron chi connectivity index (χ2n) is 10.3. The third kappa shape index (κ3) is 6.52. The Morgan fingerprint density at radius 2 is 1.64 bits per heavy atom. The second-order valence-corrected chi connectivity index (χ2v) is 10.3. The molecule has 1 saturated heterocycles. The summed E-state index contributed by atoms with van der Waals surface area (Å²) in [5.41, 5.74) is 3.61. The number of likely N-dealkylation sites (N-methyl/N-ethyl adjacent to an activating group) is 1. The van der Waals surface area contributed by atoms with Crippen LogP contribution in [0.5, 0.6) is 0 Å². The summed E-state index contributed by atoms with van der Waals surface area (Å²) in [6.07, 6.45) is 1.33. The van der Waals surface area contributed by atoms with Gasteiger partial charge in [0.05, 0.1) is 6.54 Å². The molecule has 2 N–H and O–H groups in total. The Bertz CT molecular complexity index is 1310. The molecule has 1 unspecified atom stereocenters. The number of amides is 3. The van der Waals surface area contributed by atoms with Gasteiger partial charge in [-0.1, -0.05) is 54.6 Å². The number of hydrogen-bond donors (Lipinski definition) is 2. The van der Waals surface area contributed by atoms with Crippen LogP contribution in [-0.2, 0) is 9.59 Å². The fraction of sp³-hybridized carbons (Fsp3) is 0.323. The van der Waals surface area contributed by atoms with Crippen LogP contribution in [0.15, 0.2) is 78.9 Å². The predicted molar refractivity (Wildman–Crippen MR) is 148 cm³/mol. The van der Waals surface area contributed by atoms with Gasteiger partial charge in [0.2, 0.25) is 11.8 Å². The number of carbonyl (C=O) groups is 3. The van der Waals surface area contributed by atoms with E-state index in [9.17, 15) is 18.8 Å². The third-order valence-corrected chi connectivity index (χ3v) is 7.55. The van der Waals surface area contributed by atoms with E-state index >= 15 is 0 Å². The zero-order valence-electron chi connectivity index (χ0n) is 22.0. The number of nitrogens with zero attached hydrogens (tertiary/aromatic N) is 2. The van der Waals surface area contributed by atoms with Crippen molar-refractivity contribution < 1.29 is 18.8 Å². The van der Waals surface area contributed by atoms with Crippen molar-refractivity contribution in [3.05, 3.63) is 95.8 Å². The molecule has 0 aromatic heterocycles. The van der Waals surface area contributed by atoms with Crippen molar-refractivity contribution in [3.8, 4) is 11.1 Å². The minimum Gasteiger partial charge on any atom is -0.342 e. The van der Waals surface area contributed by atoms with E-state index in [1.165, 1.54) is 17.0 Å². The first-order valence-electron chi connectivity index (χ1n) is 13.4. The zero-order chi connectivity index (χ0) is 27.4. The Morgan fingerprint density at radius 1 is 0.949 bits per heavy atom. The van der Waals surface area contributed by atoms with Crippen LogP contribution in [0.2, 0.25) is 0 Å². The van der Waals surface area contributed by atoms with Crippen LogP contribution in [0.4, 0.5) is 4.39 Å². The molecule has 0 radical (unpaired) electrons. The number of carbonyl (C=O) groups excluding carboxylic acids is 3. The summed E-state index contributed by atoms with van der Waals surface area (Å²) >= 11 is 0. The highest BCUT2D eigenvalue weighted by Gasteiger charge is 2.38. The molecular formula is C31H33FN4O3. The normalized spacial score (nSPS) is 19.5. The molecule has 1 saturated carbocycles. The molecule has 1 aliphatic carbocycles. The molecule has 1 heterocycles. The van der Waals surface area contributed by atoms with E-state index in [0.29, 0.717) is 37.5 Å². The first-order chi connectivity index (χ1) is 18.9. The maximum absolute atomic E-state index is 13.4. The maximum atomic E-state index is 13.4. The molecule has 2 aliphatic rings. The Kier molecular flexibility index (Phi) is 8.02. The van der Waals surface area contributed by atoms with Gasteiger partial charge in [0, 0.05) is 37.7 Å². The van der Waals surface area contributed by atoms with E-state index in [2.05, 4.69) is 10.6 Å². The van der Waals surface area contributed by atoms with Gasteiger partial charge in [-0.3, -0.25) is 14.4 Å². The molecule has 3 atom stereocenters. The SMILES string of the molecule is CN1CCN(C(=O)C(CCN[C@@H]2C[C@H]2c2ccc(F)cc2)NC(=O)c2ccc(-c3ccccc3)cc2)CC1=O. The van der Waals surface area contributed by atoms with Crippen molar-refractivity contribution >= 4 is 17.7 Å². The van der Waals surface area contributed by atoms with Gasteiger partial charge in [0.1, 0.15) is 11.9 Å². The fourth-order valence-corrected chi connectivity index (χ4v) is 5.02. The summed E-state index contributed by atoms with van der Waals surface area (Å²) in [6, 6.07) is 23.2. The lowest BCUT2D eigenvalue weighted by molar-refractivity contribution is -0.145. The van der Waals surface area contributed by atoms with E-state index < -0.39 is 6.04 Å². The molecule has 202 valence electrons. The van der Waals surface area contributed by atoms with Crippen LogP contribution in [-0.4, -0.2) is 72.8 Å². The van der Waals surface area contributed by atoms with E-state index in [-0.39, 0.29) is 36.1 Å². The highest BCUT2D eigenvalue weighted by atomic mass is 19.1. The van der Waals surface area contributed by atoms with E-state index in [0.717, 1.165) is 23.1 Å². The van der Waals surface area contributed by atoms with Gasteiger partial charge in [0.15, 0.2) is 0 Å². The number of halogens is 1. The van der Waals surface area contributed by atoms with Crippen LogP contribution >= 0.6 is 0 Å². The molecule has 2 fully saturated rings. The van der Waals surface area contributed by atoms with Crippen molar-refractivity contribution in [3.63, 3.8) is 0 Å². The van der Waals surface area contributed by atoms with Crippen molar-refractivity contribution in [1.29, 1.82) is 0 Å². The first kappa shape index (κ1) is 26.6. The lowest BCUT2D eigenvalue weighted by Crippen LogP contribution is -2.56. The minimum absolute atomic E-state index is 0.0101. The van der Waals surface area contributed by atoms with E-state index in [1.807, 2.05) is 54.6 Å². The van der Waals surface area contributed by atoms with Gasteiger partial charge >= 0.3 is 0 Å². The smallest absolute Gasteiger partial charge is 0.251 e. The molecule has 0 spiro atoms. The van der Waals surface area contributed by atoms with Crippen LogP contribution in [0.1, 0.15) is 34.7 Å². The molecule has 7 nitrogen and oxygen atoms in total. The van der Waals surface area contributed by atoms with Crippen molar-refractivity contribution in [2.45, 2.75) is 30.8 Å². The van der Waals surface area contributed by atoms with Crippen LogP contribution in [0, 0.1) is 5.82 Å². The minimum atomic E-state index is -0.766. The van der Waals surface area contributed by atoms with Gasteiger partial charge in [0.25, 0.3) is 5.91 Å². The van der Waals surface area contributed by atoms with Crippen molar-refractivity contribution in [1.82, 2.24) is 20.4 Å². The lowest BCUT2D eigenvalue weighted by Gasteiger charge is -2.34. The average Bonchev–Trinajstić information content (AvgIpc) is 3.74. The van der Waals surface area contributed by atoms with Crippen LogP contribution in [0.3, 0.4) is 0 Å². The molecular weight excluding hydrogens is 495 g/mol. The fourth-order valence-electron chi connectivity index (χ4n) is 5.02. The first-order valence-corrected chi connectivity index (χ1v) is 13.4. The molecule has 3 aromatic rings. The Balaban J connectivity index is 1.22. The molecule has 3 amide bonds. The monoisotopic (exact) mass is 528 g/mol. The lowest BCUT2D eigenvalue weighted by atomic mass is 10.0. The number of nitrogens with one attached hydrogen (secondary N) is 2. The third-order valence-electron chi connectivity index (χ3n) is 7.55. The van der Waals surface area contributed by atoms with Crippen LogP contribution < -0.4 is 10.6 Å². The number of benzene rings is 3. The zero-order valence-corrected chi connectivity index (χ0v) is 22.0. The van der Waals surface area contributed by atoms with Gasteiger partial charge in [-0.2, -0.15) is 0 Å². The molecule has 5 rings (SSSR count). The summed E-state index contributed by atoms with van der Waals surface area (Å²) in [6.45, 7) is 1.43. The van der Waals surface area contributed by atoms with Gasteiger partial charge in [-0.25, -0.2) is 4.39 Å². The standard InChI is InChI=1S/C31H33FN4O3/c1-35-17-18-36(20-29(35)37)31(39)27(15-16-33-28-19-26(28)23-11-13-25(32)14-12-23)34-30(38)24-9-7-22(8-10-24)21-5-3-2-4-6-21/h2-14,26-28,33H,15-20H2,1H3,(H,34,38)/t26-,27?,28+/m0/s1. The molecule has 8 heteroatoms. The predicted octanol–water partition coefficient (Wildman–Crippen LogP) is 3.43. The van der Waals surface area contributed by atoms with E-state index in [1.54, 1.807) is 24.1 Å². The molecule has 1 aliphatic heterocycles. The number of piperazine rings is 1. The topological polar surface area (TPSA) is 81.8 Å². The molecule has 3 aromatic carbocycles. The Hall–Kier alpha value is -4.04. The quantitative estimate of drug-likeness (QED) is 0.446. The summed E-state index contributed by atoms with van der Waals surface area (Å²) in [4.78, 5) is 42.0. The highest BCUT2D eigenvalue weighted by molar-refractivity contribution is 5.98. The largest absolute Gasteiger partial charge is 0.342 e. The number of rotatable bonds is 9. The molecule has 39 heavy (non-hydrogen) atoms. The van der Waals surface area contributed by atoms with Gasteiger partial charge in [-0.05, 0) is 60.3 Å². The van der Waals surface area contributed by atoms with Crippen LogP contribution in [0.25, 0.3) is 11.1 Å². The molecule has 0 bridgehead atoms. The van der Waals surface area contributed by atoms with Crippen molar-refractivity contribution in [2.24, 2.45) is 0 Å². The second kappa shape index (κ2) is 11.8.